The Balaban J connectivity index is 1.56. The number of thiazole rings is 1. The number of carbonyl (C=O) groups excluding carboxylic acids is 3. The van der Waals surface area contributed by atoms with Gasteiger partial charge in [0.2, 0.25) is 11.8 Å². The molecule has 0 spiro atoms. The molecule has 3 aromatic rings. The third kappa shape index (κ3) is 5.24. The van der Waals surface area contributed by atoms with Crippen LogP contribution >= 0.6 is 11.3 Å². The van der Waals surface area contributed by atoms with E-state index in [1.807, 2.05) is 30.3 Å². The fourth-order valence-corrected chi connectivity index (χ4v) is 3.28. The Bertz CT molecular complexity index is 1000. The second kappa shape index (κ2) is 8.92. The molecule has 28 heavy (non-hydrogen) atoms. The van der Waals surface area contributed by atoms with E-state index in [0.29, 0.717) is 16.5 Å². The van der Waals surface area contributed by atoms with Crippen LogP contribution in [0.15, 0.2) is 60.0 Å². The molecule has 4 N–H and O–H groups in total. The van der Waals surface area contributed by atoms with E-state index >= 15 is 0 Å². The summed E-state index contributed by atoms with van der Waals surface area (Å²) in [6.45, 7) is 0. The summed E-state index contributed by atoms with van der Waals surface area (Å²) in [4.78, 5) is 40.0. The number of amides is 3. The number of benzene rings is 2. The molecule has 0 fully saturated rings. The maximum atomic E-state index is 12.2. The third-order valence-electron chi connectivity index (χ3n) is 3.81. The molecule has 0 atom stereocenters. The fourth-order valence-electron chi connectivity index (χ4n) is 2.56. The summed E-state index contributed by atoms with van der Waals surface area (Å²) < 4.78 is 0. The van der Waals surface area contributed by atoms with Gasteiger partial charge in [-0.1, -0.05) is 42.5 Å². The van der Waals surface area contributed by atoms with Gasteiger partial charge in [-0.25, -0.2) is 4.98 Å². The van der Waals surface area contributed by atoms with Gasteiger partial charge in [0, 0.05) is 5.38 Å². The van der Waals surface area contributed by atoms with Gasteiger partial charge in [0.25, 0.3) is 5.91 Å². The molecule has 1 aromatic heterocycles. The third-order valence-corrected chi connectivity index (χ3v) is 4.62. The average Bonchev–Trinajstić information content (AvgIpc) is 3.09. The number of anilines is 2. The summed E-state index contributed by atoms with van der Waals surface area (Å²) in [6, 6.07) is 15.9. The molecule has 3 amide bonds. The van der Waals surface area contributed by atoms with Gasteiger partial charge in [0.05, 0.1) is 29.8 Å². The van der Waals surface area contributed by atoms with Gasteiger partial charge < -0.3 is 16.4 Å². The Morgan fingerprint density at radius 1 is 0.893 bits per heavy atom. The van der Waals surface area contributed by atoms with Crippen molar-refractivity contribution in [2.75, 3.05) is 10.6 Å². The molecule has 0 aliphatic heterocycles. The van der Waals surface area contributed by atoms with E-state index in [4.69, 9.17) is 5.73 Å². The predicted molar refractivity (Wildman–Crippen MR) is 108 cm³/mol. The highest BCUT2D eigenvalue weighted by molar-refractivity contribution is 7.13. The molecule has 1 heterocycles. The van der Waals surface area contributed by atoms with Crippen LogP contribution in [0.3, 0.4) is 0 Å². The number of aromatic nitrogens is 1. The van der Waals surface area contributed by atoms with Crippen LogP contribution in [-0.4, -0.2) is 22.7 Å². The van der Waals surface area contributed by atoms with Crippen molar-refractivity contribution in [1.82, 2.24) is 4.98 Å². The van der Waals surface area contributed by atoms with Crippen LogP contribution in [0.5, 0.6) is 0 Å². The van der Waals surface area contributed by atoms with E-state index in [9.17, 15) is 14.4 Å². The number of nitrogens with one attached hydrogen (secondary N) is 2. The number of rotatable bonds is 7. The molecule has 0 unspecified atom stereocenters. The van der Waals surface area contributed by atoms with Crippen LogP contribution in [0.2, 0.25) is 0 Å². The highest BCUT2D eigenvalue weighted by Crippen LogP contribution is 2.18. The zero-order valence-electron chi connectivity index (χ0n) is 14.8. The van der Waals surface area contributed by atoms with Gasteiger partial charge in [0.1, 0.15) is 0 Å². The normalized spacial score (nSPS) is 10.3. The van der Waals surface area contributed by atoms with Crippen molar-refractivity contribution < 1.29 is 14.4 Å². The Hall–Kier alpha value is -3.52. The largest absolute Gasteiger partial charge is 0.366 e. The molecule has 0 radical (unpaired) electrons. The molecule has 0 bridgehead atoms. The molecule has 0 aliphatic carbocycles. The highest BCUT2D eigenvalue weighted by atomic mass is 32.1. The highest BCUT2D eigenvalue weighted by Gasteiger charge is 2.13. The number of hydrogen-bond acceptors (Lipinski definition) is 5. The predicted octanol–water partition coefficient (Wildman–Crippen LogP) is 2.60. The van der Waals surface area contributed by atoms with Crippen LogP contribution in [0.25, 0.3) is 0 Å². The van der Waals surface area contributed by atoms with Crippen molar-refractivity contribution in [1.29, 1.82) is 0 Å². The number of hydrogen-bond donors (Lipinski definition) is 3. The molecule has 3 rings (SSSR count). The van der Waals surface area contributed by atoms with Crippen LogP contribution in [-0.2, 0) is 22.4 Å². The topological polar surface area (TPSA) is 114 Å². The molecule has 142 valence electrons. The lowest BCUT2D eigenvalue weighted by molar-refractivity contribution is -0.116. The molecular formula is C20H18N4O3S. The first-order chi connectivity index (χ1) is 13.5. The summed E-state index contributed by atoms with van der Waals surface area (Å²) in [5, 5.41) is 7.53. The summed E-state index contributed by atoms with van der Waals surface area (Å²) >= 11 is 1.25. The van der Waals surface area contributed by atoms with Gasteiger partial charge in [-0.2, -0.15) is 0 Å². The van der Waals surface area contributed by atoms with E-state index < -0.39 is 5.91 Å². The zero-order valence-corrected chi connectivity index (χ0v) is 15.7. The van der Waals surface area contributed by atoms with E-state index in [2.05, 4.69) is 15.6 Å². The van der Waals surface area contributed by atoms with Gasteiger partial charge in [-0.15, -0.1) is 11.3 Å². The zero-order chi connectivity index (χ0) is 19.9. The Morgan fingerprint density at radius 3 is 2.32 bits per heavy atom. The van der Waals surface area contributed by atoms with Gasteiger partial charge >= 0.3 is 0 Å². The molecule has 8 heteroatoms. The van der Waals surface area contributed by atoms with E-state index in [-0.39, 0.29) is 30.2 Å². The van der Waals surface area contributed by atoms with Crippen molar-refractivity contribution in [3.63, 3.8) is 0 Å². The maximum absolute atomic E-state index is 12.2. The van der Waals surface area contributed by atoms with Crippen molar-refractivity contribution >= 4 is 39.9 Å². The number of primary amides is 1. The van der Waals surface area contributed by atoms with Gasteiger partial charge in [-0.05, 0) is 17.7 Å². The number of para-hydroxylation sites is 1. The number of nitrogens with zero attached hydrogens (tertiary/aromatic N) is 1. The quantitative estimate of drug-likeness (QED) is 0.571. The van der Waals surface area contributed by atoms with E-state index in [0.717, 1.165) is 5.56 Å². The fraction of sp³-hybridized carbons (Fsp3) is 0.100. The molecular weight excluding hydrogens is 376 g/mol. The van der Waals surface area contributed by atoms with E-state index in [1.54, 1.807) is 29.6 Å². The number of nitrogens with two attached hydrogens (primary N) is 1. The van der Waals surface area contributed by atoms with Crippen molar-refractivity contribution in [2.45, 2.75) is 12.8 Å². The lowest BCUT2D eigenvalue weighted by Crippen LogP contribution is -2.19. The summed E-state index contributed by atoms with van der Waals surface area (Å²) in [6.07, 6.45) is 0.262. The van der Waals surface area contributed by atoms with E-state index in [1.165, 1.54) is 11.3 Å². The monoisotopic (exact) mass is 394 g/mol. The molecule has 0 aliphatic rings. The molecule has 2 aromatic carbocycles. The molecule has 7 nitrogen and oxygen atoms in total. The summed E-state index contributed by atoms with van der Waals surface area (Å²) in [5.74, 6) is -1.12. The number of carbonyl (C=O) groups is 3. The van der Waals surface area contributed by atoms with Crippen LogP contribution in [0, 0.1) is 0 Å². The first-order valence-corrected chi connectivity index (χ1v) is 9.36. The minimum atomic E-state index is -0.618. The maximum Gasteiger partial charge on any atom is 0.250 e. The Morgan fingerprint density at radius 2 is 1.57 bits per heavy atom. The standard InChI is InChI=1S/C20H18N4O3S/c21-19(27)15-8-4-5-9-16(15)23-18(26)11-14-12-28-20(22-14)24-17(25)10-13-6-2-1-3-7-13/h1-9,12H,10-11H2,(H2,21,27)(H,23,26)(H,22,24,25). The van der Waals surface area contributed by atoms with Crippen LogP contribution in [0.1, 0.15) is 21.6 Å². The minimum absolute atomic E-state index is 0.0121. The SMILES string of the molecule is NC(=O)c1ccccc1NC(=O)Cc1csc(NC(=O)Cc2ccccc2)n1. The second-order valence-corrected chi connectivity index (χ2v) is 6.85. The average molecular weight is 394 g/mol. The van der Waals surface area contributed by atoms with Crippen LogP contribution < -0.4 is 16.4 Å². The van der Waals surface area contributed by atoms with Crippen LogP contribution in [0.4, 0.5) is 10.8 Å². The summed E-state index contributed by atoms with van der Waals surface area (Å²) in [7, 11) is 0. The van der Waals surface area contributed by atoms with Crippen molar-refractivity contribution in [3.05, 3.63) is 76.8 Å². The van der Waals surface area contributed by atoms with Crippen molar-refractivity contribution in [3.8, 4) is 0 Å². The molecule has 0 saturated carbocycles. The second-order valence-electron chi connectivity index (χ2n) is 5.99. The Labute approximate surface area is 165 Å². The van der Waals surface area contributed by atoms with Gasteiger partial charge in [0.15, 0.2) is 5.13 Å². The minimum Gasteiger partial charge on any atom is -0.366 e. The Kier molecular flexibility index (Phi) is 6.13. The smallest absolute Gasteiger partial charge is 0.250 e. The lowest BCUT2D eigenvalue weighted by Gasteiger charge is -2.07. The first-order valence-electron chi connectivity index (χ1n) is 8.48. The molecule has 0 saturated heterocycles. The van der Waals surface area contributed by atoms with Crippen molar-refractivity contribution in [2.24, 2.45) is 5.73 Å². The summed E-state index contributed by atoms with van der Waals surface area (Å²) in [5.41, 5.74) is 7.33. The first kappa shape index (κ1) is 19.2. The lowest BCUT2D eigenvalue weighted by atomic mass is 10.1. The van der Waals surface area contributed by atoms with Gasteiger partial charge in [-0.3, -0.25) is 14.4 Å².